The number of anilines is 1. The fourth-order valence-electron chi connectivity index (χ4n) is 2.08. The lowest BCUT2D eigenvalue weighted by atomic mass is 10.2. The lowest BCUT2D eigenvalue weighted by molar-refractivity contribution is 0.102. The van der Waals surface area contributed by atoms with Crippen molar-refractivity contribution in [2.24, 2.45) is 0 Å². The molecule has 2 aromatic heterocycles. The molecular formula is C17H14Cl3N3O2S. The Hall–Kier alpha value is -1.73. The van der Waals surface area contributed by atoms with Gasteiger partial charge in [-0.25, -0.2) is 4.98 Å². The number of nitrogens with one attached hydrogen (secondary N) is 1. The van der Waals surface area contributed by atoms with Crippen LogP contribution in [0.5, 0.6) is 0 Å². The maximum atomic E-state index is 12.6. The number of hydrogen-bond donors (Lipinski definition) is 1. The number of aromatic nitrogens is 2. The number of nitrogens with zero attached hydrogens (tertiary/aromatic N) is 2. The molecule has 3 aromatic rings. The van der Waals surface area contributed by atoms with Crippen LogP contribution in [-0.2, 0) is 5.75 Å². The Balaban J connectivity index is 0.00000243. The van der Waals surface area contributed by atoms with Crippen LogP contribution in [-0.4, -0.2) is 16.0 Å². The van der Waals surface area contributed by atoms with Crippen molar-refractivity contribution in [2.45, 2.75) is 17.6 Å². The van der Waals surface area contributed by atoms with Gasteiger partial charge in [0.25, 0.3) is 5.91 Å². The summed E-state index contributed by atoms with van der Waals surface area (Å²) in [7, 11) is 0. The highest BCUT2D eigenvalue weighted by Crippen LogP contribution is 2.28. The minimum atomic E-state index is -0.275. The first-order valence-electron chi connectivity index (χ1n) is 7.29. The van der Waals surface area contributed by atoms with Gasteiger partial charge in [-0.05, 0) is 19.1 Å². The molecule has 1 N–H and O–H groups in total. The third-order valence-electron chi connectivity index (χ3n) is 3.23. The summed E-state index contributed by atoms with van der Waals surface area (Å²) in [5, 5.41) is 7.25. The van der Waals surface area contributed by atoms with Crippen molar-refractivity contribution in [1.82, 2.24) is 10.1 Å². The maximum absolute atomic E-state index is 12.6. The second kappa shape index (κ2) is 9.28. The number of carbonyl (C=O) groups excluding carboxylic acids is 1. The fourth-order valence-corrected chi connectivity index (χ4v) is 3.26. The van der Waals surface area contributed by atoms with Gasteiger partial charge in [0.1, 0.15) is 11.6 Å². The molecule has 0 aliphatic rings. The SMILES string of the molecule is Cc1cc(CSc2ccccc2C(=O)Nc2cc(Cl)c(Cl)cn2)on1.Cl. The van der Waals surface area contributed by atoms with Crippen molar-refractivity contribution in [1.29, 1.82) is 0 Å². The average molecular weight is 431 g/mol. The van der Waals surface area contributed by atoms with Gasteiger partial charge in [0.2, 0.25) is 0 Å². The van der Waals surface area contributed by atoms with Gasteiger partial charge in [0, 0.05) is 23.2 Å². The zero-order chi connectivity index (χ0) is 17.8. The molecule has 0 aliphatic carbocycles. The summed E-state index contributed by atoms with van der Waals surface area (Å²) >= 11 is 13.3. The van der Waals surface area contributed by atoms with E-state index in [4.69, 9.17) is 27.7 Å². The molecule has 1 aromatic carbocycles. The summed E-state index contributed by atoms with van der Waals surface area (Å²) in [5.41, 5.74) is 1.36. The lowest BCUT2D eigenvalue weighted by Crippen LogP contribution is -2.14. The van der Waals surface area contributed by atoms with Crippen LogP contribution in [0.2, 0.25) is 10.0 Å². The highest BCUT2D eigenvalue weighted by Gasteiger charge is 2.14. The van der Waals surface area contributed by atoms with E-state index in [0.717, 1.165) is 16.3 Å². The van der Waals surface area contributed by atoms with E-state index in [-0.39, 0.29) is 18.3 Å². The predicted octanol–water partition coefficient (Wildman–Crippen LogP) is 5.65. The van der Waals surface area contributed by atoms with Gasteiger partial charge in [-0.15, -0.1) is 24.2 Å². The molecule has 0 aliphatic heterocycles. The molecule has 3 rings (SSSR count). The van der Waals surface area contributed by atoms with Gasteiger partial charge in [0.05, 0.1) is 27.1 Å². The number of halogens is 3. The summed E-state index contributed by atoms with van der Waals surface area (Å²) in [6, 6.07) is 10.7. The third-order valence-corrected chi connectivity index (χ3v) is 5.04. The van der Waals surface area contributed by atoms with E-state index in [1.54, 1.807) is 12.1 Å². The molecule has 5 nitrogen and oxygen atoms in total. The highest BCUT2D eigenvalue weighted by atomic mass is 35.5. The molecule has 0 saturated carbocycles. The van der Waals surface area contributed by atoms with Crippen LogP contribution in [0.4, 0.5) is 5.82 Å². The van der Waals surface area contributed by atoms with Gasteiger partial charge in [0.15, 0.2) is 0 Å². The van der Waals surface area contributed by atoms with Crippen molar-refractivity contribution in [2.75, 3.05) is 5.32 Å². The van der Waals surface area contributed by atoms with Gasteiger partial charge in [-0.3, -0.25) is 4.79 Å². The van der Waals surface area contributed by atoms with Gasteiger partial charge >= 0.3 is 0 Å². The standard InChI is InChI=1S/C17H13Cl2N3O2S.ClH/c1-10-6-11(24-22-10)9-25-15-5-3-2-4-12(15)17(23)21-16-7-13(18)14(19)8-20-16;/h2-8H,9H2,1H3,(H,20,21,23);1H. The van der Waals surface area contributed by atoms with Gasteiger partial charge in [-0.1, -0.05) is 40.5 Å². The fraction of sp³-hybridized carbons (Fsp3) is 0.118. The second-order valence-corrected chi connectivity index (χ2v) is 6.99. The van der Waals surface area contributed by atoms with Crippen molar-refractivity contribution >= 4 is 59.1 Å². The summed E-state index contributed by atoms with van der Waals surface area (Å²) in [5.74, 6) is 1.40. The molecule has 0 unspecified atom stereocenters. The molecule has 0 bridgehead atoms. The average Bonchev–Trinajstić information content (AvgIpc) is 3.02. The molecule has 0 spiro atoms. The van der Waals surface area contributed by atoms with Gasteiger partial charge < -0.3 is 9.84 Å². The summed E-state index contributed by atoms with van der Waals surface area (Å²) in [4.78, 5) is 17.5. The van der Waals surface area contributed by atoms with Crippen LogP contribution in [0.25, 0.3) is 0 Å². The Morgan fingerprint density at radius 2 is 2.00 bits per heavy atom. The number of aryl methyl sites for hydroxylation is 1. The number of thioether (sulfide) groups is 1. The van der Waals surface area contributed by atoms with E-state index < -0.39 is 0 Å². The first-order valence-corrected chi connectivity index (χ1v) is 9.03. The Labute approximate surface area is 170 Å². The second-order valence-electron chi connectivity index (χ2n) is 5.16. The van der Waals surface area contributed by atoms with Crippen LogP contribution in [0.15, 0.2) is 52.0 Å². The van der Waals surface area contributed by atoms with Crippen LogP contribution < -0.4 is 5.32 Å². The zero-order valence-corrected chi connectivity index (χ0v) is 16.7. The summed E-state index contributed by atoms with van der Waals surface area (Å²) in [6.07, 6.45) is 1.40. The van der Waals surface area contributed by atoms with E-state index in [0.29, 0.717) is 27.2 Å². The van der Waals surface area contributed by atoms with Crippen LogP contribution in [0.3, 0.4) is 0 Å². The monoisotopic (exact) mass is 429 g/mol. The first kappa shape index (κ1) is 20.6. The number of pyridine rings is 1. The van der Waals surface area contributed by atoms with Gasteiger partial charge in [-0.2, -0.15) is 0 Å². The zero-order valence-electron chi connectivity index (χ0n) is 13.5. The van der Waals surface area contributed by atoms with E-state index in [9.17, 15) is 4.79 Å². The van der Waals surface area contributed by atoms with E-state index in [1.165, 1.54) is 24.0 Å². The Morgan fingerprint density at radius 3 is 2.69 bits per heavy atom. The first-order chi connectivity index (χ1) is 12.0. The quantitative estimate of drug-likeness (QED) is 0.530. The van der Waals surface area contributed by atoms with Crippen molar-refractivity contribution in [3.63, 3.8) is 0 Å². The largest absolute Gasteiger partial charge is 0.360 e. The Morgan fingerprint density at radius 1 is 1.23 bits per heavy atom. The molecule has 1 amide bonds. The molecule has 2 heterocycles. The molecule has 0 atom stereocenters. The number of carbonyl (C=O) groups is 1. The molecular weight excluding hydrogens is 417 g/mol. The number of hydrogen-bond acceptors (Lipinski definition) is 5. The van der Waals surface area contributed by atoms with Crippen molar-refractivity contribution < 1.29 is 9.32 Å². The molecule has 0 fully saturated rings. The third kappa shape index (κ3) is 5.14. The maximum Gasteiger partial charge on any atom is 0.257 e. The number of benzene rings is 1. The molecule has 136 valence electrons. The van der Waals surface area contributed by atoms with Crippen molar-refractivity contribution in [3.8, 4) is 0 Å². The minimum Gasteiger partial charge on any atom is -0.360 e. The predicted molar refractivity (Wildman–Crippen MR) is 107 cm³/mol. The Kier molecular flexibility index (Phi) is 7.34. The van der Waals surface area contributed by atoms with Crippen molar-refractivity contribution in [3.05, 3.63) is 69.7 Å². The molecule has 0 saturated heterocycles. The van der Waals surface area contributed by atoms with Crippen LogP contribution >= 0.6 is 47.4 Å². The van der Waals surface area contributed by atoms with Crippen LogP contribution in [0.1, 0.15) is 21.8 Å². The van der Waals surface area contributed by atoms with E-state index >= 15 is 0 Å². The molecule has 0 radical (unpaired) electrons. The number of amides is 1. The highest BCUT2D eigenvalue weighted by molar-refractivity contribution is 7.98. The number of rotatable bonds is 5. The lowest BCUT2D eigenvalue weighted by Gasteiger charge is -2.09. The van der Waals surface area contributed by atoms with Crippen LogP contribution in [0, 0.1) is 6.92 Å². The smallest absolute Gasteiger partial charge is 0.257 e. The topological polar surface area (TPSA) is 68.0 Å². The molecule has 9 heteroatoms. The Bertz CT molecular complexity index is 918. The van der Waals surface area contributed by atoms with E-state index in [2.05, 4.69) is 15.5 Å². The molecule has 26 heavy (non-hydrogen) atoms. The normalized spacial score (nSPS) is 10.3. The summed E-state index contributed by atoms with van der Waals surface area (Å²) in [6.45, 7) is 1.86. The summed E-state index contributed by atoms with van der Waals surface area (Å²) < 4.78 is 5.20. The minimum absolute atomic E-state index is 0. The van der Waals surface area contributed by atoms with E-state index in [1.807, 2.05) is 25.1 Å².